The minimum Gasteiger partial charge on any atom is -0.497 e. The van der Waals surface area contributed by atoms with Crippen molar-refractivity contribution in [2.75, 3.05) is 33.4 Å². The maximum Gasteiger partial charge on any atom is 0.163 e. The Morgan fingerprint density at radius 1 is 1.04 bits per heavy atom. The fourth-order valence-electron chi connectivity index (χ4n) is 4.01. The van der Waals surface area contributed by atoms with Gasteiger partial charge < -0.3 is 24.1 Å². The molecule has 1 N–H and O–H groups in total. The molecule has 0 atom stereocenters. The minimum absolute atomic E-state index is 0.413. The summed E-state index contributed by atoms with van der Waals surface area (Å²) in [5, 5.41) is 3.45. The summed E-state index contributed by atoms with van der Waals surface area (Å²) in [7, 11) is 1.68. The molecule has 140 valence electrons. The lowest BCUT2D eigenvalue weighted by Gasteiger charge is -2.27. The standard InChI is InChI=1S/C21H23N3O3/c1-25-16-4-2-14(3-5-16)21-23-17-12-19-20(27-11-10-26-19)13-18(17)24(21)15-6-8-22-9-7-15/h2-5,12-13,15,22H,6-11H2,1H3. The van der Waals surface area contributed by atoms with E-state index in [2.05, 4.69) is 28.1 Å². The molecule has 2 aromatic carbocycles. The number of nitrogens with zero attached hydrogens (tertiary/aromatic N) is 2. The SMILES string of the molecule is COc1ccc(-c2nc3cc4c(cc3n2C2CCNCC2)OCCO4)cc1. The average molecular weight is 365 g/mol. The Morgan fingerprint density at radius 2 is 1.74 bits per heavy atom. The largest absolute Gasteiger partial charge is 0.497 e. The van der Waals surface area contributed by atoms with Crippen molar-refractivity contribution in [2.45, 2.75) is 18.9 Å². The lowest BCUT2D eigenvalue weighted by molar-refractivity contribution is 0.172. The molecule has 6 nitrogen and oxygen atoms in total. The molecule has 0 radical (unpaired) electrons. The molecule has 6 heteroatoms. The lowest BCUT2D eigenvalue weighted by Crippen LogP contribution is -2.29. The van der Waals surface area contributed by atoms with Gasteiger partial charge in [-0.25, -0.2) is 4.98 Å². The number of hydrogen-bond acceptors (Lipinski definition) is 5. The highest BCUT2D eigenvalue weighted by molar-refractivity contribution is 5.84. The van der Waals surface area contributed by atoms with E-state index in [0.29, 0.717) is 19.3 Å². The zero-order chi connectivity index (χ0) is 18.2. The first-order chi connectivity index (χ1) is 13.3. The topological polar surface area (TPSA) is 57.5 Å². The zero-order valence-electron chi connectivity index (χ0n) is 15.4. The van der Waals surface area contributed by atoms with Crippen LogP contribution in [0.2, 0.25) is 0 Å². The molecule has 1 aromatic heterocycles. The van der Waals surface area contributed by atoms with Crippen molar-refractivity contribution in [1.29, 1.82) is 0 Å². The molecule has 3 aromatic rings. The van der Waals surface area contributed by atoms with Crippen LogP contribution in [0, 0.1) is 0 Å². The van der Waals surface area contributed by atoms with E-state index in [0.717, 1.165) is 65.6 Å². The van der Waals surface area contributed by atoms with Crippen molar-refractivity contribution >= 4 is 11.0 Å². The maximum absolute atomic E-state index is 5.82. The van der Waals surface area contributed by atoms with Gasteiger partial charge in [0.25, 0.3) is 0 Å². The molecule has 3 heterocycles. The summed E-state index contributed by atoms with van der Waals surface area (Å²) in [6.07, 6.45) is 2.17. The quantitative estimate of drug-likeness (QED) is 0.771. The maximum atomic E-state index is 5.82. The Balaban J connectivity index is 1.69. The van der Waals surface area contributed by atoms with Crippen molar-refractivity contribution in [3.63, 3.8) is 0 Å². The Hall–Kier alpha value is -2.73. The van der Waals surface area contributed by atoms with E-state index in [1.807, 2.05) is 18.2 Å². The molecule has 0 unspecified atom stereocenters. The van der Waals surface area contributed by atoms with Gasteiger partial charge in [-0.05, 0) is 50.2 Å². The van der Waals surface area contributed by atoms with Crippen LogP contribution >= 0.6 is 0 Å². The number of hydrogen-bond donors (Lipinski definition) is 1. The number of benzene rings is 2. The molecule has 0 spiro atoms. The first-order valence-electron chi connectivity index (χ1n) is 9.50. The second-order valence-corrected chi connectivity index (χ2v) is 7.00. The number of nitrogens with one attached hydrogen (secondary N) is 1. The molecule has 0 aliphatic carbocycles. The Morgan fingerprint density at radius 3 is 2.44 bits per heavy atom. The number of imidazole rings is 1. The number of fused-ring (bicyclic) bond motifs is 2. The van der Waals surface area contributed by atoms with Gasteiger partial charge in [-0.1, -0.05) is 0 Å². The van der Waals surface area contributed by atoms with Crippen LogP contribution in [0.3, 0.4) is 0 Å². The number of methoxy groups -OCH3 is 1. The van der Waals surface area contributed by atoms with Crippen LogP contribution in [0.1, 0.15) is 18.9 Å². The van der Waals surface area contributed by atoms with E-state index in [1.165, 1.54) is 0 Å². The van der Waals surface area contributed by atoms with Crippen LogP contribution in [0.15, 0.2) is 36.4 Å². The van der Waals surface area contributed by atoms with Crippen molar-refractivity contribution < 1.29 is 14.2 Å². The highest BCUT2D eigenvalue weighted by Gasteiger charge is 2.24. The Bertz CT molecular complexity index is 959. The molecule has 2 aliphatic heterocycles. The van der Waals surface area contributed by atoms with Gasteiger partial charge in [-0.3, -0.25) is 0 Å². The summed E-state index contributed by atoms with van der Waals surface area (Å²) in [6.45, 7) is 3.22. The van der Waals surface area contributed by atoms with E-state index < -0.39 is 0 Å². The Labute approximate surface area is 158 Å². The van der Waals surface area contributed by atoms with Gasteiger partial charge in [0.1, 0.15) is 24.8 Å². The zero-order valence-corrected chi connectivity index (χ0v) is 15.4. The third-order valence-electron chi connectivity index (χ3n) is 5.38. The number of rotatable bonds is 3. The van der Waals surface area contributed by atoms with Crippen molar-refractivity contribution in [1.82, 2.24) is 14.9 Å². The van der Waals surface area contributed by atoms with Crippen LogP contribution in [0.25, 0.3) is 22.4 Å². The molecule has 2 aliphatic rings. The smallest absolute Gasteiger partial charge is 0.163 e. The molecule has 0 amide bonds. The first-order valence-corrected chi connectivity index (χ1v) is 9.50. The summed E-state index contributed by atoms with van der Waals surface area (Å²) >= 11 is 0. The highest BCUT2D eigenvalue weighted by atomic mass is 16.6. The normalized spacial score (nSPS) is 17.2. The van der Waals surface area contributed by atoms with E-state index >= 15 is 0 Å². The van der Waals surface area contributed by atoms with Gasteiger partial charge in [0.15, 0.2) is 11.5 Å². The third-order valence-corrected chi connectivity index (χ3v) is 5.38. The van der Waals surface area contributed by atoms with Crippen LogP contribution in [-0.2, 0) is 0 Å². The van der Waals surface area contributed by atoms with Gasteiger partial charge in [-0.15, -0.1) is 0 Å². The van der Waals surface area contributed by atoms with Gasteiger partial charge in [0, 0.05) is 23.7 Å². The van der Waals surface area contributed by atoms with Crippen LogP contribution in [0.5, 0.6) is 17.2 Å². The minimum atomic E-state index is 0.413. The van der Waals surface area contributed by atoms with E-state index in [4.69, 9.17) is 19.2 Å². The third kappa shape index (κ3) is 2.90. The van der Waals surface area contributed by atoms with Crippen LogP contribution in [-0.4, -0.2) is 43.0 Å². The van der Waals surface area contributed by atoms with Gasteiger partial charge in [0.2, 0.25) is 0 Å². The lowest BCUT2D eigenvalue weighted by atomic mass is 10.1. The number of aromatic nitrogens is 2. The summed E-state index contributed by atoms with van der Waals surface area (Å²) in [5.41, 5.74) is 3.14. The predicted octanol–water partition coefficient (Wildman–Crippen LogP) is 3.41. The molecule has 27 heavy (non-hydrogen) atoms. The van der Waals surface area contributed by atoms with Gasteiger partial charge in [-0.2, -0.15) is 0 Å². The second kappa shape index (κ2) is 6.78. The van der Waals surface area contributed by atoms with Gasteiger partial charge >= 0.3 is 0 Å². The van der Waals surface area contributed by atoms with Crippen LogP contribution in [0.4, 0.5) is 0 Å². The molecular weight excluding hydrogens is 342 g/mol. The molecule has 0 bridgehead atoms. The highest BCUT2D eigenvalue weighted by Crippen LogP contribution is 2.39. The molecule has 1 fully saturated rings. The number of piperidine rings is 1. The van der Waals surface area contributed by atoms with E-state index in [1.54, 1.807) is 7.11 Å². The van der Waals surface area contributed by atoms with Crippen molar-refractivity contribution in [3.05, 3.63) is 36.4 Å². The second-order valence-electron chi connectivity index (χ2n) is 7.00. The van der Waals surface area contributed by atoms with Crippen molar-refractivity contribution in [3.8, 4) is 28.6 Å². The van der Waals surface area contributed by atoms with Gasteiger partial charge in [0.05, 0.1) is 18.1 Å². The van der Waals surface area contributed by atoms with E-state index in [9.17, 15) is 0 Å². The summed E-state index contributed by atoms with van der Waals surface area (Å²) in [5.74, 6) is 3.43. The summed E-state index contributed by atoms with van der Waals surface area (Å²) in [6, 6.07) is 12.6. The van der Waals surface area contributed by atoms with Crippen LogP contribution < -0.4 is 19.5 Å². The number of ether oxygens (including phenoxy) is 3. The summed E-state index contributed by atoms with van der Waals surface area (Å²) in [4.78, 5) is 4.99. The fourth-order valence-corrected chi connectivity index (χ4v) is 4.01. The average Bonchev–Trinajstić information content (AvgIpc) is 3.11. The van der Waals surface area contributed by atoms with E-state index in [-0.39, 0.29) is 0 Å². The molecular formula is C21H23N3O3. The monoisotopic (exact) mass is 365 g/mol. The Kier molecular flexibility index (Phi) is 4.13. The first kappa shape index (κ1) is 16.4. The summed E-state index contributed by atoms with van der Waals surface area (Å²) < 4.78 is 19.3. The molecule has 1 saturated heterocycles. The molecule has 0 saturated carbocycles. The predicted molar refractivity (Wildman–Crippen MR) is 104 cm³/mol. The molecule has 5 rings (SSSR count). The van der Waals surface area contributed by atoms with Crippen molar-refractivity contribution in [2.24, 2.45) is 0 Å². The fraction of sp³-hybridized carbons (Fsp3) is 0.381.